The molecule has 5 aromatic carbocycles. The molecule has 0 atom stereocenters. The van der Waals surface area contributed by atoms with Gasteiger partial charge in [-0.1, -0.05) is 66.2 Å². The van der Waals surface area contributed by atoms with Gasteiger partial charge in [0.25, 0.3) is 0 Å². The highest BCUT2D eigenvalue weighted by Crippen LogP contribution is 2.37. The van der Waals surface area contributed by atoms with Crippen molar-refractivity contribution in [3.05, 3.63) is 83.9 Å². The van der Waals surface area contributed by atoms with Crippen LogP contribution in [0.3, 0.4) is 0 Å². The summed E-state index contributed by atoms with van der Waals surface area (Å²) < 4.78 is 39.5. The fraction of sp³-hybridized carbons (Fsp3) is 0.0833. The predicted octanol–water partition coefficient (Wildman–Crippen LogP) is 7.63. The molecule has 5 aromatic rings. The van der Waals surface area contributed by atoms with Crippen molar-refractivity contribution in [2.45, 2.75) is 13.1 Å². The molecular formula is C24H15F3. The first-order chi connectivity index (χ1) is 12.9. The van der Waals surface area contributed by atoms with Crippen LogP contribution in [0.5, 0.6) is 0 Å². The lowest BCUT2D eigenvalue weighted by atomic mass is 9.93. The Labute approximate surface area is 153 Å². The van der Waals surface area contributed by atoms with Crippen molar-refractivity contribution in [3.63, 3.8) is 0 Å². The molecule has 0 fully saturated rings. The summed E-state index contributed by atoms with van der Waals surface area (Å²) in [5.41, 5.74) is 0.570. The van der Waals surface area contributed by atoms with Gasteiger partial charge in [0.15, 0.2) is 0 Å². The lowest BCUT2D eigenvalue weighted by Crippen LogP contribution is -2.04. The van der Waals surface area contributed by atoms with Gasteiger partial charge in [-0.3, -0.25) is 0 Å². The van der Waals surface area contributed by atoms with Gasteiger partial charge < -0.3 is 0 Å². The third kappa shape index (κ3) is 2.46. The van der Waals surface area contributed by atoms with Gasteiger partial charge in [-0.15, -0.1) is 0 Å². The van der Waals surface area contributed by atoms with Crippen molar-refractivity contribution in [1.82, 2.24) is 0 Å². The molecule has 27 heavy (non-hydrogen) atoms. The Bertz CT molecular complexity index is 1360. The van der Waals surface area contributed by atoms with E-state index in [1.54, 1.807) is 6.07 Å². The van der Waals surface area contributed by atoms with E-state index in [0.29, 0.717) is 5.39 Å². The summed E-state index contributed by atoms with van der Waals surface area (Å²) in [6.45, 7) is 2.06. The Morgan fingerprint density at radius 2 is 0.963 bits per heavy atom. The maximum Gasteiger partial charge on any atom is 0.416 e. The Kier molecular flexibility index (Phi) is 3.26. The molecule has 0 amide bonds. The number of alkyl halides is 3. The molecule has 0 spiro atoms. The molecule has 0 unspecified atom stereocenters. The van der Waals surface area contributed by atoms with Gasteiger partial charge in [0, 0.05) is 0 Å². The molecule has 0 heterocycles. The Balaban J connectivity index is 1.92. The van der Waals surface area contributed by atoms with E-state index in [4.69, 9.17) is 0 Å². The number of hydrogen-bond donors (Lipinski definition) is 0. The first-order valence-corrected chi connectivity index (χ1v) is 8.78. The van der Waals surface area contributed by atoms with Crippen LogP contribution in [0.4, 0.5) is 13.2 Å². The van der Waals surface area contributed by atoms with E-state index in [0.717, 1.165) is 38.4 Å². The minimum atomic E-state index is -4.35. The Hall–Kier alpha value is -3.07. The highest BCUT2D eigenvalue weighted by molar-refractivity contribution is 6.22. The van der Waals surface area contributed by atoms with Gasteiger partial charge in [-0.05, 0) is 62.1 Å². The van der Waals surface area contributed by atoms with Crippen molar-refractivity contribution in [3.8, 4) is 0 Å². The van der Waals surface area contributed by atoms with Crippen LogP contribution in [0.15, 0.2) is 72.8 Å². The summed E-state index contributed by atoms with van der Waals surface area (Å²) in [5.74, 6) is 0. The van der Waals surface area contributed by atoms with Gasteiger partial charge in [-0.2, -0.15) is 13.2 Å². The molecular weight excluding hydrogens is 345 g/mol. The van der Waals surface area contributed by atoms with E-state index in [9.17, 15) is 13.2 Å². The second-order valence-electron chi connectivity index (χ2n) is 7.05. The molecule has 0 bridgehead atoms. The van der Waals surface area contributed by atoms with E-state index in [1.807, 2.05) is 24.3 Å². The molecule has 0 radical (unpaired) electrons. The average Bonchev–Trinajstić information content (AvgIpc) is 2.66. The second kappa shape index (κ2) is 5.46. The summed E-state index contributed by atoms with van der Waals surface area (Å²) in [6.07, 6.45) is -4.35. The summed E-state index contributed by atoms with van der Waals surface area (Å²) >= 11 is 0. The first-order valence-electron chi connectivity index (χ1n) is 8.78. The summed E-state index contributed by atoms with van der Waals surface area (Å²) in [6, 6.07) is 22.3. The van der Waals surface area contributed by atoms with Gasteiger partial charge in [0.05, 0.1) is 5.56 Å². The zero-order valence-electron chi connectivity index (χ0n) is 14.6. The number of aryl methyl sites for hydroxylation is 1. The van der Waals surface area contributed by atoms with Crippen molar-refractivity contribution >= 4 is 43.1 Å². The monoisotopic (exact) mass is 360 g/mol. The molecule has 132 valence electrons. The number of fused-ring (bicyclic) bond motifs is 7. The predicted molar refractivity (Wildman–Crippen MR) is 106 cm³/mol. The molecule has 3 heteroatoms. The molecule has 0 aliphatic rings. The molecule has 0 N–H and O–H groups in total. The highest BCUT2D eigenvalue weighted by atomic mass is 19.4. The summed E-state index contributed by atoms with van der Waals surface area (Å²) in [4.78, 5) is 0. The van der Waals surface area contributed by atoms with Gasteiger partial charge in [0.2, 0.25) is 0 Å². The van der Waals surface area contributed by atoms with Gasteiger partial charge >= 0.3 is 6.18 Å². The van der Waals surface area contributed by atoms with Crippen LogP contribution in [0, 0.1) is 6.92 Å². The zero-order valence-corrected chi connectivity index (χ0v) is 14.6. The van der Waals surface area contributed by atoms with Crippen molar-refractivity contribution in [2.24, 2.45) is 0 Å². The van der Waals surface area contributed by atoms with E-state index < -0.39 is 11.7 Å². The normalized spacial score (nSPS) is 12.4. The second-order valence-corrected chi connectivity index (χ2v) is 7.05. The molecule has 0 saturated carbocycles. The smallest absolute Gasteiger partial charge is 0.166 e. The fourth-order valence-corrected chi connectivity index (χ4v) is 3.97. The number of rotatable bonds is 0. The van der Waals surface area contributed by atoms with Crippen LogP contribution in [0.1, 0.15) is 11.1 Å². The highest BCUT2D eigenvalue weighted by Gasteiger charge is 2.30. The Morgan fingerprint density at radius 1 is 0.519 bits per heavy atom. The van der Waals surface area contributed by atoms with Crippen LogP contribution in [-0.4, -0.2) is 0 Å². The maximum absolute atomic E-state index is 13.2. The topological polar surface area (TPSA) is 0 Å². The lowest BCUT2D eigenvalue weighted by Gasteiger charge is -2.12. The van der Waals surface area contributed by atoms with Crippen molar-refractivity contribution < 1.29 is 13.2 Å². The molecule has 0 aliphatic heterocycles. The van der Waals surface area contributed by atoms with Crippen LogP contribution in [0.2, 0.25) is 0 Å². The molecule has 0 saturated heterocycles. The van der Waals surface area contributed by atoms with Crippen molar-refractivity contribution in [1.29, 1.82) is 0 Å². The van der Waals surface area contributed by atoms with E-state index >= 15 is 0 Å². The van der Waals surface area contributed by atoms with E-state index in [2.05, 4.69) is 37.3 Å². The van der Waals surface area contributed by atoms with Crippen molar-refractivity contribution in [2.75, 3.05) is 0 Å². The third-order valence-electron chi connectivity index (χ3n) is 5.32. The van der Waals surface area contributed by atoms with E-state index in [1.165, 1.54) is 17.0 Å². The largest absolute Gasteiger partial charge is 0.416 e. The third-order valence-corrected chi connectivity index (χ3v) is 5.32. The van der Waals surface area contributed by atoms with Crippen LogP contribution in [0.25, 0.3) is 43.1 Å². The molecule has 0 nitrogen and oxygen atoms in total. The van der Waals surface area contributed by atoms with Gasteiger partial charge in [-0.25, -0.2) is 0 Å². The molecule has 0 aromatic heterocycles. The summed E-state index contributed by atoms with van der Waals surface area (Å²) in [7, 11) is 0. The van der Waals surface area contributed by atoms with Crippen LogP contribution >= 0.6 is 0 Å². The SMILES string of the molecule is Cc1ccc2ccc3c(ccc4c5cc(C(F)(F)F)ccc5ccc43)c2c1. The minimum Gasteiger partial charge on any atom is -0.166 e. The number of hydrogen-bond acceptors (Lipinski definition) is 0. The quantitative estimate of drug-likeness (QED) is 0.249. The van der Waals surface area contributed by atoms with E-state index in [-0.39, 0.29) is 0 Å². The average molecular weight is 360 g/mol. The summed E-state index contributed by atoms with van der Waals surface area (Å²) in [5, 5.41) is 7.77. The van der Waals surface area contributed by atoms with Crippen LogP contribution in [-0.2, 0) is 6.18 Å². The fourth-order valence-electron chi connectivity index (χ4n) is 3.97. The maximum atomic E-state index is 13.2. The zero-order chi connectivity index (χ0) is 18.8. The number of halogens is 3. The lowest BCUT2D eigenvalue weighted by molar-refractivity contribution is -0.137. The minimum absolute atomic E-state index is 0.614. The van der Waals surface area contributed by atoms with Gasteiger partial charge in [0.1, 0.15) is 0 Å². The molecule has 0 aliphatic carbocycles. The molecule has 5 rings (SSSR count). The van der Waals surface area contributed by atoms with Crippen LogP contribution < -0.4 is 0 Å². The standard InChI is InChI=1S/C24H15F3/c1-14-2-3-15-5-8-18-19-9-6-16-4-7-17(24(25,26)27)13-23(16)21(19)11-10-20(18)22(15)12-14/h2-13H,1H3. The first kappa shape index (κ1) is 16.1. The Morgan fingerprint density at radius 3 is 1.56 bits per heavy atom. The number of benzene rings is 5.